The summed E-state index contributed by atoms with van der Waals surface area (Å²) in [6.45, 7) is 4.46. The van der Waals surface area contributed by atoms with Crippen molar-refractivity contribution < 1.29 is 27.1 Å². The van der Waals surface area contributed by atoms with Gasteiger partial charge in [0.2, 0.25) is 21.8 Å². The molecule has 220 valence electrons. The Morgan fingerprint density at radius 1 is 0.951 bits per heavy atom. The van der Waals surface area contributed by atoms with Crippen LogP contribution in [0.25, 0.3) is 0 Å². The highest BCUT2D eigenvalue weighted by Crippen LogP contribution is 2.23. The third-order valence-electron chi connectivity index (χ3n) is 6.51. The zero-order valence-corrected chi connectivity index (χ0v) is 24.6. The lowest BCUT2D eigenvalue weighted by atomic mass is 10.0. The number of carbonyl (C=O) groups excluding carboxylic acids is 2. The van der Waals surface area contributed by atoms with E-state index in [1.54, 1.807) is 49.4 Å². The lowest BCUT2D eigenvalue weighted by Gasteiger charge is -2.32. The fraction of sp³-hybridized carbons (Fsp3) is 0.355. The Kier molecular flexibility index (Phi) is 11.7. The zero-order valence-electron chi connectivity index (χ0n) is 23.8. The van der Waals surface area contributed by atoms with Crippen LogP contribution >= 0.6 is 0 Å². The quantitative estimate of drug-likeness (QED) is 0.283. The van der Waals surface area contributed by atoms with E-state index in [1.165, 1.54) is 15.3 Å². The van der Waals surface area contributed by atoms with Gasteiger partial charge in [0.1, 0.15) is 17.6 Å². The van der Waals surface area contributed by atoms with Crippen LogP contribution in [0.2, 0.25) is 0 Å². The van der Waals surface area contributed by atoms with Crippen molar-refractivity contribution in [3.8, 4) is 5.75 Å². The molecule has 8 nitrogen and oxygen atoms in total. The molecule has 2 amide bonds. The second-order valence-corrected chi connectivity index (χ2v) is 11.5. The summed E-state index contributed by atoms with van der Waals surface area (Å²) in [5, 5.41) is 2.81. The first-order chi connectivity index (χ1) is 19.6. The molecule has 10 heteroatoms. The van der Waals surface area contributed by atoms with Crippen LogP contribution in [-0.4, -0.2) is 57.1 Å². The Morgan fingerprint density at radius 3 is 2.22 bits per heavy atom. The third kappa shape index (κ3) is 9.31. The van der Waals surface area contributed by atoms with E-state index in [0.29, 0.717) is 24.6 Å². The molecule has 0 aliphatic heterocycles. The number of rotatable bonds is 15. The van der Waals surface area contributed by atoms with Gasteiger partial charge in [-0.15, -0.1) is 0 Å². The van der Waals surface area contributed by atoms with Gasteiger partial charge < -0.3 is 15.0 Å². The van der Waals surface area contributed by atoms with Crippen molar-refractivity contribution in [3.63, 3.8) is 0 Å². The number of benzene rings is 3. The highest BCUT2D eigenvalue weighted by atomic mass is 32.2. The largest absolute Gasteiger partial charge is 0.494 e. The maximum Gasteiger partial charge on any atom is 0.243 e. The zero-order chi connectivity index (χ0) is 29.8. The molecular formula is C31H38FN3O5S. The summed E-state index contributed by atoms with van der Waals surface area (Å²) < 4.78 is 46.6. The minimum Gasteiger partial charge on any atom is -0.494 e. The van der Waals surface area contributed by atoms with Crippen molar-refractivity contribution in [3.05, 3.63) is 95.8 Å². The predicted molar refractivity (Wildman–Crippen MR) is 159 cm³/mol. The Labute approximate surface area is 242 Å². The summed E-state index contributed by atoms with van der Waals surface area (Å²) in [5.41, 5.74) is 1.60. The van der Waals surface area contributed by atoms with Crippen LogP contribution in [0.5, 0.6) is 5.75 Å². The Bertz CT molecular complexity index is 1380. The highest BCUT2D eigenvalue weighted by Gasteiger charge is 2.30. The normalized spacial score (nSPS) is 11.9. The number of likely N-dealkylation sites (N-methyl/N-ethyl adjacent to an activating group) is 1. The number of nitrogens with zero attached hydrogens (tertiary/aromatic N) is 2. The van der Waals surface area contributed by atoms with Crippen LogP contribution in [-0.2, 0) is 32.6 Å². The number of anilines is 1. The molecule has 3 aromatic rings. The van der Waals surface area contributed by atoms with Crippen LogP contribution in [0.4, 0.5) is 10.1 Å². The van der Waals surface area contributed by atoms with E-state index in [0.717, 1.165) is 11.8 Å². The first-order valence-corrected chi connectivity index (χ1v) is 15.5. The van der Waals surface area contributed by atoms with Crippen LogP contribution in [0.1, 0.15) is 37.8 Å². The molecule has 0 aromatic heterocycles. The topological polar surface area (TPSA) is 96.0 Å². The number of hydrogen-bond donors (Lipinski definition) is 1. The van der Waals surface area contributed by atoms with E-state index in [2.05, 4.69) is 5.32 Å². The molecule has 1 N–H and O–H groups in total. The van der Waals surface area contributed by atoms with Gasteiger partial charge in [0.25, 0.3) is 0 Å². The molecule has 0 saturated heterocycles. The molecular weight excluding hydrogens is 545 g/mol. The van der Waals surface area contributed by atoms with Crippen LogP contribution in [0.3, 0.4) is 0 Å². The molecule has 0 heterocycles. The van der Waals surface area contributed by atoms with Gasteiger partial charge in [0, 0.05) is 38.0 Å². The molecule has 0 aliphatic carbocycles. The molecule has 1 atom stereocenters. The van der Waals surface area contributed by atoms with E-state index in [-0.39, 0.29) is 49.7 Å². The second-order valence-electron chi connectivity index (χ2n) is 9.58. The molecule has 0 spiro atoms. The van der Waals surface area contributed by atoms with E-state index in [1.807, 2.05) is 37.3 Å². The number of carbonyl (C=O) groups is 2. The van der Waals surface area contributed by atoms with Gasteiger partial charge in [-0.3, -0.25) is 13.9 Å². The summed E-state index contributed by atoms with van der Waals surface area (Å²) >= 11 is 0. The second kappa shape index (κ2) is 15.2. The van der Waals surface area contributed by atoms with Gasteiger partial charge >= 0.3 is 0 Å². The molecule has 3 rings (SSSR count). The lowest BCUT2D eigenvalue weighted by molar-refractivity contribution is -0.141. The van der Waals surface area contributed by atoms with E-state index < -0.39 is 21.9 Å². The van der Waals surface area contributed by atoms with Gasteiger partial charge in [-0.25, -0.2) is 12.8 Å². The van der Waals surface area contributed by atoms with Crippen LogP contribution in [0, 0.1) is 5.82 Å². The number of halogens is 1. The minimum atomic E-state index is -3.64. The molecule has 0 aliphatic rings. The molecule has 0 unspecified atom stereocenters. The summed E-state index contributed by atoms with van der Waals surface area (Å²) in [6, 6.07) is 21.3. The van der Waals surface area contributed by atoms with Gasteiger partial charge in [-0.05, 0) is 56.2 Å². The van der Waals surface area contributed by atoms with E-state index in [9.17, 15) is 22.4 Å². The number of sulfonamides is 1. The summed E-state index contributed by atoms with van der Waals surface area (Å²) in [4.78, 5) is 28.4. The number of hydrogen-bond acceptors (Lipinski definition) is 5. The third-order valence-corrected chi connectivity index (χ3v) is 7.70. The lowest BCUT2D eigenvalue weighted by Crippen LogP contribution is -2.50. The monoisotopic (exact) mass is 583 g/mol. The Morgan fingerprint density at radius 2 is 1.61 bits per heavy atom. The molecule has 0 bridgehead atoms. The van der Waals surface area contributed by atoms with Gasteiger partial charge in [0.15, 0.2) is 0 Å². The van der Waals surface area contributed by atoms with E-state index in [4.69, 9.17) is 4.74 Å². The molecule has 3 aromatic carbocycles. The maximum absolute atomic E-state index is 14.7. The average Bonchev–Trinajstić information content (AvgIpc) is 2.94. The molecule has 0 saturated carbocycles. The van der Waals surface area contributed by atoms with Gasteiger partial charge in [-0.2, -0.15) is 0 Å². The number of ether oxygens (including phenoxy) is 1. The molecule has 0 radical (unpaired) electrons. The fourth-order valence-electron chi connectivity index (χ4n) is 4.54. The minimum absolute atomic E-state index is 0.0395. The maximum atomic E-state index is 14.7. The van der Waals surface area contributed by atoms with Crippen LogP contribution < -0.4 is 14.4 Å². The average molecular weight is 584 g/mol. The fourth-order valence-corrected chi connectivity index (χ4v) is 5.50. The Hall–Kier alpha value is -3.92. The van der Waals surface area contributed by atoms with Crippen molar-refractivity contribution in [1.29, 1.82) is 0 Å². The van der Waals surface area contributed by atoms with Crippen molar-refractivity contribution in [2.45, 2.75) is 45.7 Å². The summed E-state index contributed by atoms with van der Waals surface area (Å²) in [7, 11) is -3.64. The first-order valence-electron chi connectivity index (χ1n) is 13.7. The Balaban J connectivity index is 1.85. The van der Waals surface area contributed by atoms with Crippen molar-refractivity contribution in [1.82, 2.24) is 10.2 Å². The molecule has 41 heavy (non-hydrogen) atoms. The predicted octanol–water partition coefficient (Wildman–Crippen LogP) is 4.55. The van der Waals surface area contributed by atoms with Gasteiger partial charge in [0.05, 0.1) is 18.6 Å². The summed E-state index contributed by atoms with van der Waals surface area (Å²) in [6.07, 6.45) is 1.51. The number of nitrogens with one attached hydrogen (secondary N) is 1. The van der Waals surface area contributed by atoms with Crippen molar-refractivity contribution >= 4 is 27.5 Å². The first kappa shape index (κ1) is 31.6. The smallest absolute Gasteiger partial charge is 0.243 e. The van der Waals surface area contributed by atoms with Crippen LogP contribution in [0.15, 0.2) is 78.9 Å². The number of amides is 2. The van der Waals surface area contributed by atoms with Gasteiger partial charge in [-0.1, -0.05) is 48.5 Å². The van der Waals surface area contributed by atoms with E-state index >= 15 is 0 Å². The SMILES string of the molecule is CCNC(=O)[C@@H](Cc1ccccc1)N(Cc1ccccc1F)C(=O)CCCN(c1ccc(OCC)cc1)S(C)(=O)=O. The van der Waals surface area contributed by atoms with Crippen molar-refractivity contribution in [2.24, 2.45) is 0 Å². The molecule has 0 fully saturated rings. The summed E-state index contributed by atoms with van der Waals surface area (Å²) in [5.74, 6) is -0.564. The standard InChI is InChI=1S/C31H38FN3O5S/c1-4-33-31(37)29(22-24-12-7-6-8-13-24)34(23-25-14-9-10-15-28(25)32)30(36)16-11-21-35(41(3,38)39)26-17-19-27(20-18-26)40-5-2/h6-10,12-15,17-20,29H,4-5,11,16,21-23H2,1-3H3,(H,33,37)/t29-/m1/s1. The van der Waals surface area contributed by atoms with Crippen molar-refractivity contribution in [2.75, 3.05) is 30.3 Å². The highest BCUT2D eigenvalue weighted by molar-refractivity contribution is 7.92.